The van der Waals surface area contributed by atoms with Crippen molar-refractivity contribution < 1.29 is 0 Å². The predicted octanol–water partition coefficient (Wildman–Crippen LogP) is 3.78. The van der Waals surface area contributed by atoms with Crippen molar-refractivity contribution in [3.63, 3.8) is 0 Å². The summed E-state index contributed by atoms with van der Waals surface area (Å²) in [6.45, 7) is 0. The average molecular weight is 419 g/mol. The quantitative estimate of drug-likeness (QED) is 0.498. The summed E-state index contributed by atoms with van der Waals surface area (Å²) in [5, 5.41) is 8.78. The number of hydrogen-bond acceptors (Lipinski definition) is 4. The Morgan fingerprint density at radius 1 is 1.12 bits per heavy atom. The molecule has 0 saturated carbocycles. The summed E-state index contributed by atoms with van der Waals surface area (Å²) in [6.07, 6.45) is 1.85. The molecule has 0 amide bonds. The Bertz CT molecular complexity index is 1170. The van der Waals surface area contributed by atoms with E-state index in [4.69, 9.17) is 11.6 Å². The van der Waals surface area contributed by atoms with E-state index in [2.05, 4.69) is 26.1 Å². The SMILES string of the molecule is O=c1/c(=C\c2cccc(Br)c2)sc2nnc(-c3ccccc3Cl)n12. The third-order valence-corrected chi connectivity index (χ3v) is 5.29. The van der Waals surface area contributed by atoms with Crippen molar-refractivity contribution >= 4 is 49.9 Å². The van der Waals surface area contributed by atoms with Gasteiger partial charge >= 0.3 is 0 Å². The first kappa shape index (κ1) is 15.5. The van der Waals surface area contributed by atoms with E-state index >= 15 is 0 Å². The van der Waals surface area contributed by atoms with Crippen LogP contribution in [0.5, 0.6) is 0 Å². The molecule has 7 heteroatoms. The van der Waals surface area contributed by atoms with Crippen molar-refractivity contribution in [1.29, 1.82) is 0 Å². The highest BCUT2D eigenvalue weighted by Gasteiger charge is 2.15. The zero-order valence-electron chi connectivity index (χ0n) is 12.1. The van der Waals surface area contributed by atoms with Gasteiger partial charge in [-0.1, -0.05) is 63.1 Å². The van der Waals surface area contributed by atoms with Crippen LogP contribution in [0.1, 0.15) is 5.56 Å². The summed E-state index contributed by atoms with van der Waals surface area (Å²) in [5.41, 5.74) is 1.49. The molecule has 0 saturated heterocycles. The van der Waals surface area contributed by atoms with Gasteiger partial charge in [-0.05, 0) is 35.9 Å². The summed E-state index contributed by atoms with van der Waals surface area (Å²) in [5.74, 6) is 0.464. The molecule has 118 valence electrons. The lowest BCUT2D eigenvalue weighted by Crippen LogP contribution is -2.23. The zero-order valence-corrected chi connectivity index (χ0v) is 15.3. The van der Waals surface area contributed by atoms with Gasteiger partial charge < -0.3 is 0 Å². The van der Waals surface area contributed by atoms with Crippen LogP contribution in [0.3, 0.4) is 0 Å². The zero-order chi connectivity index (χ0) is 16.7. The lowest BCUT2D eigenvalue weighted by Gasteiger charge is -1.99. The van der Waals surface area contributed by atoms with Crippen LogP contribution >= 0.6 is 38.9 Å². The fourth-order valence-electron chi connectivity index (χ4n) is 2.43. The number of nitrogens with zero attached hydrogens (tertiary/aromatic N) is 3. The molecule has 0 aliphatic heterocycles. The second-order valence-electron chi connectivity index (χ2n) is 5.09. The smallest absolute Gasteiger partial charge is 0.267 e. The highest BCUT2D eigenvalue weighted by molar-refractivity contribution is 9.10. The number of aromatic nitrogens is 3. The number of hydrogen-bond donors (Lipinski definition) is 0. The maximum absolute atomic E-state index is 12.8. The van der Waals surface area contributed by atoms with Gasteiger partial charge in [-0.15, -0.1) is 10.2 Å². The van der Waals surface area contributed by atoms with Crippen LogP contribution < -0.4 is 10.1 Å². The molecule has 4 rings (SSSR count). The summed E-state index contributed by atoms with van der Waals surface area (Å²) >= 11 is 11.0. The molecule has 0 N–H and O–H groups in total. The van der Waals surface area contributed by atoms with E-state index in [1.807, 2.05) is 48.5 Å². The number of halogens is 2. The molecule has 0 radical (unpaired) electrons. The molecule has 0 spiro atoms. The second kappa shape index (κ2) is 6.12. The van der Waals surface area contributed by atoms with Gasteiger partial charge in [0.05, 0.1) is 9.55 Å². The highest BCUT2D eigenvalue weighted by Crippen LogP contribution is 2.25. The highest BCUT2D eigenvalue weighted by atomic mass is 79.9. The van der Waals surface area contributed by atoms with Gasteiger partial charge in [0, 0.05) is 10.0 Å². The molecule has 0 fully saturated rings. The molecule has 0 aliphatic rings. The van der Waals surface area contributed by atoms with Crippen LogP contribution in [-0.2, 0) is 0 Å². The molecule has 0 aliphatic carbocycles. The third-order valence-electron chi connectivity index (χ3n) is 3.51. The van der Waals surface area contributed by atoms with E-state index in [-0.39, 0.29) is 5.56 Å². The molecule has 0 bridgehead atoms. The van der Waals surface area contributed by atoms with Crippen LogP contribution in [0.15, 0.2) is 57.8 Å². The molecule has 2 aromatic carbocycles. The first-order valence-electron chi connectivity index (χ1n) is 7.03. The minimum Gasteiger partial charge on any atom is -0.267 e. The van der Waals surface area contributed by atoms with E-state index in [9.17, 15) is 4.79 Å². The number of benzene rings is 2. The minimum atomic E-state index is -0.144. The Balaban J connectivity index is 1.95. The third kappa shape index (κ3) is 2.66. The van der Waals surface area contributed by atoms with E-state index in [1.165, 1.54) is 15.7 Å². The Kier molecular flexibility index (Phi) is 3.96. The molecule has 0 unspecified atom stereocenters. The summed E-state index contributed by atoms with van der Waals surface area (Å²) in [6, 6.07) is 15.0. The maximum atomic E-state index is 12.8. The predicted molar refractivity (Wildman–Crippen MR) is 101 cm³/mol. The minimum absolute atomic E-state index is 0.144. The standard InChI is InChI=1S/C17H9BrClN3OS/c18-11-5-3-4-10(8-11)9-14-16(23)22-15(20-21-17(22)24-14)12-6-1-2-7-13(12)19/h1-9H/b14-9+. The molecule has 24 heavy (non-hydrogen) atoms. The van der Waals surface area contributed by atoms with E-state index in [0.717, 1.165) is 10.0 Å². The van der Waals surface area contributed by atoms with Crippen molar-refractivity contribution in [3.05, 3.63) is 78.5 Å². The van der Waals surface area contributed by atoms with Crippen LogP contribution in [0.4, 0.5) is 0 Å². The molecule has 4 aromatic rings. The average Bonchev–Trinajstić information content (AvgIpc) is 3.09. The fraction of sp³-hybridized carbons (Fsp3) is 0. The van der Waals surface area contributed by atoms with Crippen LogP contribution in [0.2, 0.25) is 5.02 Å². The topological polar surface area (TPSA) is 47.3 Å². The fourth-order valence-corrected chi connectivity index (χ4v) is 3.98. The molecule has 2 aromatic heterocycles. The van der Waals surface area contributed by atoms with Gasteiger partial charge in [0.1, 0.15) is 0 Å². The number of thiazole rings is 1. The van der Waals surface area contributed by atoms with Crippen molar-refractivity contribution in [2.45, 2.75) is 0 Å². The van der Waals surface area contributed by atoms with Crippen LogP contribution in [-0.4, -0.2) is 14.6 Å². The summed E-state index contributed by atoms with van der Waals surface area (Å²) < 4.78 is 3.07. The maximum Gasteiger partial charge on any atom is 0.276 e. The van der Waals surface area contributed by atoms with Crippen molar-refractivity contribution in [3.8, 4) is 11.4 Å². The monoisotopic (exact) mass is 417 g/mol. The van der Waals surface area contributed by atoms with Gasteiger partial charge in [-0.2, -0.15) is 0 Å². The van der Waals surface area contributed by atoms with Gasteiger partial charge in [-0.25, -0.2) is 4.40 Å². The largest absolute Gasteiger partial charge is 0.276 e. The Labute approximate surface area is 154 Å². The first-order valence-corrected chi connectivity index (χ1v) is 9.02. The molecular formula is C17H9BrClN3OS. The lowest BCUT2D eigenvalue weighted by molar-refractivity contribution is 1.09. The van der Waals surface area contributed by atoms with Crippen LogP contribution in [0.25, 0.3) is 22.4 Å². The number of rotatable bonds is 2. The first-order chi connectivity index (χ1) is 11.6. The Morgan fingerprint density at radius 2 is 1.96 bits per heavy atom. The van der Waals surface area contributed by atoms with E-state index < -0.39 is 0 Å². The normalized spacial score (nSPS) is 12.2. The second-order valence-corrected chi connectivity index (χ2v) is 7.42. The van der Waals surface area contributed by atoms with E-state index in [1.54, 1.807) is 6.07 Å². The lowest BCUT2D eigenvalue weighted by atomic mass is 10.2. The molecule has 4 nitrogen and oxygen atoms in total. The summed E-state index contributed by atoms with van der Waals surface area (Å²) in [7, 11) is 0. The molecule has 2 heterocycles. The molecular weight excluding hydrogens is 410 g/mol. The van der Waals surface area contributed by atoms with Gasteiger partial charge in [0.15, 0.2) is 5.82 Å². The van der Waals surface area contributed by atoms with Crippen LogP contribution in [0, 0.1) is 0 Å². The Morgan fingerprint density at radius 3 is 2.75 bits per heavy atom. The molecule has 0 atom stereocenters. The number of fused-ring (bicyclic) bond motifs is 1. The van der Waals surface area contributed by atoms with Gasteiger partial charge in [0.25, 0.3) is 5.56 Å². The van der Waals surface area contributed by atoms with Gasteiger partial charge in [-0.3, -0.25) is 4.79 Å². The van der Waals surface area contributed by atoms with Crippen molar-refractivity contribution in [2.75, 3.05) is 0 Å². The Hall–Kier alpha value is -2.02. The van der Waals surface area contributed by atoms with E-state index in [0.29, 0.717) is 25.9 Å². The van der Waals surface area contributed by atoms with Crippen molar-refractivity contribution in [2.24, 2.45) is 0 Å². The summed E-state index contributed by atoms with van der Waals surface area (Å²) in [4.78, 5) is 13.3. The van der Waals surface area contributed by atoms with Crippen molar-refractivity contribution in [1.82, 2.24) is 14.6 Å². The van der Waals surface area contributed by atoms with Gasteiger partial charge in [0.2, 0.25) is 4.96 Å².